The van der Waals surface area contributed by atoms with Gasteiger partial charge in [0.05, 0.1) is 11.9 Å². The average Bonchev–Trinajstić information content (AvgIpc) is 2.38. The van der Waals surface area contributed by atoms with Gasteiger partial charge in [-0.3, -0.25) is 4.79 Å². The summed E-state index contributed by atoms with van der Waals surface area (Å²) in [6.45, 7) is 3.37. The maximum absolute atomic E-state index is 12.0. The highest BCUT2D eigenvalue weighted by atomic mass is 32.2. The van der Waals surface area contributed by atoms with Gasteiger partial charge in [-0.15, -0.1) is 11.8 Å². The van der Waals surface area contributed by atoms with Crippen molar-refractivity contribution in [2.75, 3.05) is 18.8 Å². The molecule has 2 rings (SSSR count). The predicted molar refractivity (Wildman–Crippen MR) is 79.2 cm³/mol. The van der Waals surface area contributed by atoms with E-state index in [1.807, 2.05) is 6.07 Å². The number of β-amino-alcohol motifs (C(OH)–C–C–N with tert-alkyl or cyclic N) is 1. The van der Waals surface area contributed by atoms with Gasteiger partial charge in [0.15, 0.2) is 0 Å². The van der Waals surface area contributed by atoms with Crippen molar-refractivity contribution in [3.8, 4) is 0 Å². The van der Waals surface area contributed by atoms with E-state index in [1.165, 1.54) is 11.1 Å². The standard InChI is InChI=1S/C15H21NO2S/c1-12-4-2-5-13(8-12)10-19-11-15(18)16-7-3-6-14(17)9-16/h2,4-5,8,14,17H,3,6-7,9-11H2,1H3/t14-/m0/s1. The first-order valence-electron chi connectivity index (χ1n) is 6.74. The van der Waals surface area contributed by atoms with Crippen LogP contribution in [-0.4, -0.2) is 40.9 Å². The molecule has 0 bridgehead atoms. The molecule has 104 valence electrons. The van der Waals surface area contributed by atoms with E-state index < -0.39 is 0 Å². The van der Waals surface area contributed by atoms with Gasteiger partial charge in [0.2, 0.25) is 5.91 Å². The second kappa shape index (κ2) is 6.96. The number of carbonyl (C=O) groups excluding carboxylic acids is 1. The third-order valence-electron chi connectivity index (χ3n) is 3.33. The molecule has 1 saturated heterocycles. The maximum Gasteiger partial charge on any atom is 0.232 e. The largest absolute Gasteiger partial charge is 0.391 e. The van der Waals surface area contributed by atoms with E-state index in [4.69, 9.17) is 0 Å². The van der Waals surface area contributed by atoms with E-state index in [0.29, 0.717) is 12.3 Å². The molecule has 1 fully saturated rings. The summed E-state index contributed by atoms with van der Waals surface area (Å²) in [6, 6.07) is 8.37. The van der Waals surface area contributed by atoms with Crippen LogP contribution < -0.4 is 0 Å². The maximum atomic E-state index is 12.0. The molecular weight excluding hydrogens is 258 g/mol. The summed E-state index contributed by atoms with van der Waals surface area (Å²) in [5.41, 5.74) is 2.51. The lowest BCUT2D eigenvalue weighted by molar-refractivity contribution is -0.131. The van der Waals surface area contributed by atoms with Gasteiger partial charge in [0, 0.05) is 18.8 Å². The topological polar surface area (TPSA) is 40.5 Å². The van der Waals surface area contributed by atoms with E-state index in [0.717, 1.165) is 25.1 Å². The number of aliphatic hydroxyl groups is 1. The number of benzene rings is 1. The Balaban J connectivity index is 1.74. The Hall–Kier alpha value is -1.00. The number of carbonyl (C=O) groups is 1. The predicted octanol–water partition coefficient (Wildman–Crippen LogP) is 2.21. The van der Waals surface area contributed by atoms with Crippen LogP contribution in [0.1, 0.15) is 24.0 Å². The van der Waals surface area contributed by atoms with Gasteiger partial charge in [-0.1, -0.05) is 29.8 Å². The summed E-state index contributed by atoms with van der Waals surface area (Å²) >= 11 is 1.65. The summed E-state index contributed by atoms with van der Waals surface area (Å²) in [5, 5.41) is 9.56. The number of thioether (sulfide) groups is 1. The summed E-state index contributed by atoms with van der Waals surface area (Å²) < 4.78 is 0. The van der Waals surface area contributed by atoms with Crippen LogP contribution in [0.4, 0.5) is 0 Å². The Morgan fingerprint density at radius 3 is 3.11 bits per heavy atom. The van der Waals surface area contributed by atoms with Crippen LogP contribution in [0.15, 0.2) is 24.3 Å². The number of amides is 1. The normalized spacial score (nSPS) is 19.5. The minimum absolute atomic E-state index is 0.149. The van der Waals surface area contributed by atoms with Crippen molar-refractivity contribution in [3.05, 3.63) is 35.4 Å². The first-order valence-corrected chi connectivity index (χ1v) is 7.90. The Morgan fingerprint density at radius 1 is 1.53 bits per heavy atom. The number of piperidine rings is 1. The van der Waals surface area contributed by atoms with Gasteiger partial charge in [0.25, 0.3) is 0 Å². The van der Waals surface area contributed by atoms with E-state index in [1.54, 1.807) is 16.7 Å². The summed E-state index contributed by atoms with van der Waals surface area (Å²) in [7, 11) is 0. The molecule has 1 aromatic rings. The minimum atomic E-state index is -0.334. The second-order valence-electron chi connectivity index (χ2n) is 5.12. The number of aliphatic hydroxyl groups excluding tert-OH is 1. The highest BCUT2D eigenvalue weighted by molar-refractivity contribution is 7.99. The SMILES string of the molecule is Cc1cccc(CSCC(=O)N2CCC[C@H](O)C2)c1. The number of likely N-dealkylation sites (tertiary alicyclic amines) is 1. The van der Waals surface area contributed by atoms with Crippen LogP contribution in [0.25, 0.3) is 0 Å². The molecule has 1 N–H and O–H groups in total. The smallest absolute Gasteiger partial charge is 0.232 e. The molecular formula is C15H21NO2S. The summed E-state index contributed by atoms with van der Waals surface area (Å²) in [4.78, 5) is 13.8. The van der Waals surface area contributed by atoms with Crippen molar-refractivity contribution in [2.24, 2.45) is 0 Å². The molecule has 3 nitrogen and oxygen atoms in total. The van der Waals surface area contributed by atoms with Gasteiger partial charge in [-0.05, 0) is 25.3 Å². The minimum Gasteiger partial charge on any atom is -0.391 e. The van der Waals surface area contributed by atoms with Crippen LogP contribution in [-0.2, 0) is 10.5 Å². The lowest BCUT2D eigenvalue weighted by Gasteiger charge is -2.30. The molecule has 1 heterocycles. The zero-order valence-corrected chi connectivity index (χ0v) is 12.2. The molecule has 0 saturated carbocycles. The highest BCUT2D eigenvalue weighted by Gasteiger charge is 2.21. The Morgan fingerprint density at radius 2 is 2.37 bits per heavy atom. The molecule has 19 heavy (non-hydrogen) atoms. The number of hydrogen-bond donors (Lipinski definition) is 1. The molecule has 1 aliphatic rings. The van der Waals surface area contributed by atoms with Gasteiger partial charge in [-0.25, -0.2) is 0 Å². The molecule has 4 heteroatoms. The van der Waals surface area contributed by atoms with Crippen molar-refractivity contribution >= 4 is 17.7 Å². The zero-order valence-electron chi connectivity index (χ0n) is 11.3. The van der Waals surface area contributed by atoms with Gasteiger partial charge < -0.3 is 10.0 Å². The van der Waals surface area contributed by atoms with Crippen molar-refractivity contribution in [1.82, 2.24) is 4.90 Å². The molecule has 0 aliphatic carbocycles. The Labute approximate surface area is 119 Å². The quantitative estimate of drug-likeness (QED) is 0.918. The molecule has 0 unspecified atom stereocenters. The van der Waals surface area contributed by atoms with Crippen LogP contribution in [0.2, 0.25) is 0 Å². The summed E-state index contributed by atoms with van der Waals surface area (Å²) in [5.74, 6) is 1.51. The fourth-order valence-corrected chi connectivity index (χ4v) is 3.21. The van der Waals surface area contributed by atoms with Crippen LogP contribution in [0, 0.1) is 6.92 Å². The fourth-order valence-electron chi connectivity index (χ4n) is 2.33. The van der Waals surface area contributed by atoms with E-state index in [2.05, 4.69) is 25.1 Å². The van der Waals surface area contributed by atoms with Gasteiger partial charge >= 0.3 is 0 Å². The molecule has 1 amide bonds. The second-order valence-corrected chi connectivity index (χ2v) is 6.10. The Bertz CT molecular complexity index is 436. The zero-order chi connectivity index (χ0) is 13.7. The van der Waals surface area contributed by atoms with Crippen LogP contribution in [0.5, 0.6) is 0 Å². The molecule has 1 atom stereocenters. The van der Waals surface area contributed by atoms with E-state index >= 15 is 0 Å². The van der Waals surface area contributed by atoms with Crippen LogP contribution in [0.3, 0.4) is 0 Å². The van der Waals surface area contributed by atoms with E-state index in [9.17, 15) is 9.90 Å². The third-order valence-corrected chi connectivity index (χ3v) is 4.31. The van der Waals surface area contributed by atoms with Crippen molar-refractivity contribution < 1.29 is 9.90 Å². The molecule has 0 radical (unpaired) electrons. The molecule has 1 aliphatic heterocycles. The van der Waals surface area contributed by atoms with Crippen LogP contribution >= 0.6 is 11.8 Å². The van der Waals surface area contributed by atoms with Crippen molar-refractivity contribution in [1.29, 1.82) is 0 Å². The molecule has 1 aromatic carbocycles. The lowest BCUT2D eigenvalue weighted by Crippen LogP contribution is -2.43. The van der Waals surface area contributed by atoms with Crippen molar-refractivity contribution in [3.63, 3.8) is 0 Å². The monoisotopic (exact) mass is 279 g/mol. The number of nitrogens with zero attached hydrogens (tertiary/aromatic N) is 1. The molecule has 0 aromatic heterocycles. The first kappa shape index (κ1) is 14.4. The number of aryl methyl sites for hydroxylation is 1. The number of hydrogen-bond acceptors (Lipinski definition) is 3. The lowest BCUT2D eigenvalue weighted by atomic mass is 10.1. The Kier molecular flexibility index (Phi) is 5.28. The number of rotatable bonds is 4. The third kappa shape index (κ3) is 4.55. The fraction of sp³-hybridized carbons (Fsp3) is 0.533. The van der Waals surface area contributed by atoms with E-state index in [-0.39, 0.29) is 12.0 Å². The first-order chi connectivity index (χ1) is 9.15. The average molecular weight is 279 g/mol. The van der Waals surface area contributed by atoms with Crippen molar-refractivity contribution in [2.45, 2.75) is 31.6 Å². The van der Waals surface area contributed by atoms with Gasteiger partial charge in [-0.2, -0.15) is 0 Å². The molecule has 0 spiro atoms. The van der Waals surface area contributed by atoms with Gasteiger partial charge in [0.1, 0.15) is 0 Å². The highest BCUT2D eigenvalue weighted by Crippen LogP contribution is 2.16. The summed E-state index contributed by atoms with van der Waals surface area (Å²) in [6.07, 6.45) is 1.40.